The van der Waals surface area contributed by atoms with Crippen LogP contribution in [0.5, 0.6) is 0 Å². The summed E-state index contributed by atoms with van der Waals surface area (Å²) >= 11 is 0. The molecular formula is C12H22O2. The first kappa shape index (κ1) is 13.2. The zero-order valence-corrected chi connectivity index (χ0v) is 10.0. The lowest BCUT2D eigenvalue weighted by molar-refractivity contribution is -0.138. The molecule has 0 fully saturated rings. The molecule has 0 aliphatic carbocycles. The van der Waals surface area contributed by atoms with Crippen LogP contribution in [-0.2, 0) is 9.53 Å². The van der Waals surface area contributed by atoms with E-state index in [1.807, 2.05) is 19.9 Å². The predicted octanol–water partition coefficient (Wildman–Crippen LogP) is 3.32. The zero-order chi connectivity index (χ0) is 11.2. The molecule has 0 N–H and O–H groups in total. The number of hydrogen-bond donors (Lipinski definition) is 0. The van der Waals surface area contributed by atoms with E-state index in [9.17, 15) is 4.79 Å². The van der Waals surface area contributed by atoms with Crippen molar-refractivity contribution in [2.24, 2.45) is 5.41 Å². The van der Waals surface area contributed by atoms with E-state index in [1.54, 1.807) is 0 Å². The van der Waals surface area contributed by atoms with Gasteiger partial charge in [-0.15, -0.1) is 0 Å². The van der Waals surface area contributed by atoms with Gasteiger partial charge in [0.05, 0.1) is 6.61 Å². The smallest absolute Gasteiger partial charge is 0.333 e. The SMILES string of the molecule is CCCC(C)(C)/C=C(\C)C(=O)OCC. The number of esters is 1. The molecule has 0 bridgehead atoms. The van der Waals surface area contributed by atoms with Crippen molar-refractivity contribution in [3.63, 3.8) is 0 Å². The monoisotopic (exact) mass is 198 g/mol. The average molecular weight is 198 g/mol. The van der Waals surface area contributed by atoms with Gasteiger partial charge in [-0.1, -0.05) is 33.3 Å². The van der Waals surface area contributed by atoms with Gasteiger partial charge >= 0.3 is 5.97 Å². The highest BCUT2D eigenvalue weighted by molar-refractivity contribution is 5.87. The first-order chi connectivity index (χ1) is 6.43. The summed E-state index contributed by atoms with van der Waals surface area (Å²) in [7, 11) is 0. The normalized spacial score (nSPS) is 12.8. The number of rotatable bonds is 5. The topological polar surface area (TPSA) is 26.3 Å². The molecule has 82 valence electrons. The van der Waals surface area contributed by atoms with Crippen molar-refractivity contribution in [3.8, 4) is 0 Å². The number of ether oxygens (including phenoxy) is 1. The van der Waals surface area contributed by atoms with Crippen LogP contribution in [0.3, 0.4) is 0 Å². The third kappa shape index (κ3) is 5.05. The molecule has 14 heavy (non-hydrogen) atoms. The van der Waals surface area contributed by atoms with Crippen LogP contribution in [0.2, 0.25) is 0 Å². The average Bonchev–Trinajstić information content (AvgIpc) is 2.03. The minimum atomic E-state index is -0.198. The van der Waals surface area contributed by atoms with E-state index in [1.165, 1.54) is 0 Å². The zero-order valence-electron chi connectivity index (χ0n) is 10.0. The highest BCUT2D eigenvalue weighted by Crippen LogP contribution is 2.25. The van der Waals surface area contributed by atoms with E-state index < -0.39 is 0 Å². The van der Waals surface area contributed by atoms with Crippen LogP contribution in [0.25, 0.3) is 0 Å². The highest BCUT2D eigenvalue weighted by Gasteiger charge is 2.16. The van der Waals surface area contributed by atoms with Gasteiger partial charge in [0.25, 0.3) is 0 Å². The van der Waals surface area contributed by atoms with E-state index in [-0.39, 0.29) is 11.4 Å². The third-order valence-corrected chi connectivity index (χ3v) is 2.10. The Kier molecular flexibility index (Phi) is 5.51. The quantitative estimate of drug-likeness (QED) is 0.500. The summed E-state index contributed by atoms with van der Waals surface area (Å²) in [5, 5.41) is 0. The number of allylic oxidation sites excluding steroid dienone is 1. The van der Waals surface area contributed by atoms with Crippen LogP contribution >= 0.6 is 0 Å². The van der Waals surface area contributed by atoms with Gasteiger partial charge < -0.3 is 4.74 Å². The van der Waals surface area contributed by atoms with Crippen LogP contribution in [0.15, 0.2) is 11.6 Å². The molecule has 2 nitrogen and oxygen atoms in total. The molecule has 0 amide bonds. The van der Waals surface area contributed by atoms with E-state index in [0.29, 0.717) is 12.2 Å². The van der Waals surface area contributed by atoms with Crippen LogP contribution < -0.4 is 0 Å². The molecule has 0 rings (SSSR count). The first-order valence-corrected chi connectivity index (χ1v) is 5.29. The summed E-state index contributed by atoms with van der Waals surface area (Å²) < 4.78 is 4.92. The molecule has 0 aliphatic rings. The first-order valence-electron chi connectivity index (χ1n) is 5.29. The lowest BCUT2D eigenvalue weighted by atomic mass is 9.86. The fourth-order valence-corrected chi connectivity index (χ4v) is 1.61. The van der Waals surface area contributed by atoms with E-state index in [2.05, 4.69) is 20.8 Å². The van der Waals surface area contributed by atoms with Crippen LogP contribution in [0.4, 0.5) is 0 Å². The second kappa shape index (κ2) is 5.84. The van der Waals surface area contributed by atoms with E-state index in [0.717, 1.165) is 12.8 Å². The fourth-order valence-electron chi connectivity index (χ4n) is 1.61. The molecule has 0 aromatic carbocycles. The number of carbonyl (C=O) groups excluding carboxylic acids is 1. The molecule has 0 aliphatic heterocycles. The molecule has 0 aromatic heterocycles. The van der Waals surface area contributed by atoms with Gasteiger partial charge in [0.15, 0.2) is 0 Å². The third-order valence-electron chi connectivity index (χ3n) is 2.10. The summed E-state index contributed by atoms with van der Waals surface area (Å²) in [6, 6.07) is 0. The summed E-state index contributed by atoms with van der Waals surface area (Å²) in [5.41, 5.74) is 0.802. The van der Waals surface area contributed by atoms with Crippen molar-refractivity contribution in [2.75, 3.05) is 6.61 Å². The minimum absolute atomic E-state index is 0.0889. The van der Waals surface area contributed by atoms with E-state index in [4.69, 9.17) is 4.74 Å². The summed E-state index contributed by atoms with van der Waals surface area (Å²) in [4.78, 5) is 11.3. The van der Waals surface area contributed by atoms with Gasteiger partial charge in [0.2, 0.25) is 0 Å². The van der Waals surface area contributed by atoms with Crippen molar-refractivity contribution in [3.05, 3.63) is 11.6 Å². The van der Waals surface area contributed by atoms with Crippen LogP contribution in [-0.4, -0.2) is 12.6 Å². The summed E-state index contributed by atoms with van der Waals surface area (Å²) in [6.45, 7) is 10.5. The Morgan fingerprint density at radius 1 is 1.36 bits per heavy atom. The van der Waals surface area contributed by atoms with Crippen molar-refractivity contribution in [2.45, 2.75) is 47.5 Å². The molecule has 0 unspecified atom stereocenters. The number of hydrogen-bond acceptors (Lipinski definition) is 2. The maximum atomic E-state index is 11.3. The molecule has 0 spiro atoms. The molecule has 0 saturated carbocycles. The molecule has 0 radical (unpaired) electrons. The lowest BCUT2D eigenvalue weighted by Crippen LogP contribution is -2.12. The molecular weight excluding hydrogens is 176 g/mol. The molecule has 0 heterocycles. The highest BCUT2D eigenvalue weighted by atomic mass is 16.5. The van der Waals surface area contributed by atoms with Crippen LogP contribution in [0, 0.1) is 5.41 Å². The van der Waals surface area contributed by atoms with Crippen molar-refractivity contribution in [1.29, 1.82) is 0 Å². The van der Waals surface area contributed by atoms with Crippen molar-refractivity contribution in [1.82, 2.24) is 0 Å². The molecule has 0 atom stereocenters. The Balaban J connectivity index is 4.41. The summed E-state index contributed by atoms with van der Waals surface area (Å²) in [5.74, 6) is -0.198. The number of carbonyl (C=O) groups is 1. The predicted molar refractivity (Wildman–Crippen MR) is 59.1 cm³/mol. The second-order valence-electron chi connectivity index (χ2n) is 4.29. The maximum absolute atomic E-state index is 11.3. The van der Waals surface area contributed by atoms with Gasteiger partial charge in [-0.25, -0.2) is 4.79 Å². The Labute approximate surface area is 87.3 Å². The van der Waals surface area contributed by atoms with Crippen molar-refractivity contribution >= 4 is 5.97 Å². The second-order valence-corrected chi connectivity index (χ2v) is 4.29. The van der Waals surface area contributed by atoms with Crippen molar-refractivity contribution < 1.29 is 9.53 Å². The fraction of sp³-hybridized carbons (Fsp3) is 0.750. The summed E-state index contributed by atoms with van der Waals surface area (Å²) in [6.07, 6.45) is 4.22. The van der Waals surface area contributed by atoms with Crippen LogP contribution in [0.1, 0.15) is 47.5 Å². The van der Waals surface area contributed by atoms with Gasteiger partial charge in [-0.3, -0.25) is 0 Å². The van der Waals surface area contributed by atoms with Gasteiger partial charge in [0.1, 0.15) is 0 Å². The Morgan fingerprint density at radius 3 is 2.36 bits per heavy atom. The Bertz CT molecular complexity index is 214. The Hall–Kier alpha value is -0.790. The Morgan fingerprint density at radius 2 is 1.93 bits per heavy atom. The van der Waals surface area contributed by atoms with E-state index >= 15 is 0 Å². The van der Waals surface area contributed by atoms with Gasteiger partial charge in [-0.05, 0) is 25.7 Å². The minimum Gasteiger partial charge on any atom is -0.463 e. The lowest BCUT2D eigenvalue weighted by Gasteiger charge is -2.20. The van der Waals surface area contributed by atoms with Gasteiger partial charge in [-0.2, -0.15) is 0 Å². The van der Waals surface area contributed by atoms with Gasteiger partial charge in [0, 0.05) is 5.57 Å². The molecule has 0 saturated heterocycles. The standard InChI is InChI=1S/C12H22O2/c1-6-8-12(4,5)9-10(3)11(13)14-7-2/h9H,6-8H2,1-5H3/b10-9+. The molecule has 2 heteroatoms. The maximum Gasteiger partial charge on any atom is 0.333 e. The molecule has 0 aromatic rings. The largest absolute Gasteiger partial charge is 0.463 e.